The summed E-state index contributed by atoms with van der Waals surface area (Å²) in [5, 5.41) is 0. The summed E-state index contributed by atoms with van der Waals surface area (Å²) in [7, 11) is 0. The van der Waals surface area contributed by atoms with Crippen LogP contribution >= 0.6 is 0 Å². The molecule has 0 aliphatic carbocycles. The lowest BCUT2D eigenvalue weighted by Gasteiger charge is -2.10. The Balaban J connectivity index is 1.32. The predicted molar refractivity (Wildman–Crippen MR) is 152 cm³/mol. The van der Waals surface area contributed by atoms with E-state index in [0.29, 0.717) is 61.5 Å². The quantitative estimate of drug-likeness (QED) is 0.127. The van der Waals surface area contributed by atoms with E-state index in [9.17, 15) is 14.4 Å². The van der Waals surface area contributed by atoms with Gasteiger partial charge in [0.2, 0.25) is 0 Å². The van der Waals surface area contributed by atoms with Gasteiger partial charge in [-0.15, -0.1) is 0 Å². The second-order valence-electron chi connectivity index (χ2n) is 9.00. The molecule has 0 saturated heterocycles. The van der Waals surface area contributed by atoms with Crippen LogP contribution in [0.2, 0.25) is 0 Å². The highest BCUT2D eigenvalue weighted by molar-refractivity contribution is 5.91. The van der Waals surface area contributed by atoms with E-state index < -0.39 is 11.9 Å². The van der Waals surface area contributed by atoms with E-state index in [0.717, 1.165) is 6.42 Å². The minimum absolute atomic E-state index is 0.101. The van der Waals surface area contributed by atoms with Crippen LogP contribution < -0.4 is 9.47 Å². The third kappa shape index (κ3) is 10.6. The Morgan fingerprint density at radius 2 is 1.29 bits per heavy atom. The molecule has 1 heterocycles. The maximum atomic E-state index is 12.6. The maximum absolute atomic E-state index is 12.6. The van der Waals surface area contributed by atoms with Crippen molar-refractivity contribution >= 4 is 17.9 Å². The van der Waals surface area contributed by atoms with Gasteiger partial charge in [-0.25, -0.2) is 19.6 Å². The van der Waals surface area contributed by atoms with Gasteiger partial charge < -0.3 is 28.4 Å². The van der Waals surface area contributed by atoms with Gasteiger partial charge in [-0.05, 0) is 61.9 Å². The molecule has 1 aromatic heterocycles. The first-order valence-electron chi connectivity index (χ1n) is 13.8. The number of benzene rings is 2. The highest BCUT2D eigenvalue weighted by Crippen LogP contribution is 2.21. The average Bonchev–Trinajstić information content (AvgIpc) is 3.02. The molecule has 1 unspecified atom stereocenters. The van der Waals surface area contributed by atoms with Crippen LogP contribution in [0, 0.1) is 5.92 Å². The summed E-state index contributed by atoms with van der Waals surface area (Å²) in [6, 6.07) is 13.3. The SMILES string of the molecule is CCOC(=O)c1cnc(-c2ccc(OC(=O)c3ccc(OCCOCCOCCOC(=O)C(C)CC)cc3)cc2)nc1. The smallest absolute Gasteiger partial charge is 0.343 e. The van der Waals surface area contributed by atoms with Crippen molar-refractivity contribution in [3.63, 3.8) is 0 Å². The summed E-state index contributed by atoms with van der Waals surface area (Å²) in [5.74, 6) is 0.0748. The highest BCUT2D eigenvalue weighted by Gasteiger charge is 2.12. The average molecular weight is 581 g/mol. The van der Waals surface area contributed by atoms with Crippen LogP contribution in [-0.2, 0) is 23.7 Å². The van der Waals surface area contributed by atoms with Gasteiger partial charge in [0.15, 0.2) is 5.82 Å². The summed E-state index contributed by atoms with van der Waals surface area (Å²) >= 11 is 0. The zero-order valence-corrected chi connectivity index (χ0v) is 24.1. The number of ether oxygens (including phenoxy) is 6. The van der Waals surface area contributed by atoms with Crippen molar-refractivity contribution in [2.24, 2.45) is 5.92 Å². The van der Waals surface area contributed by atoms with Crippen molar-refractivity contribution < 1.29 is 42.8 Å². The van der Waals surface area contributed by atoms with Crippen LogP contribution in [-0.4, -0.2) is 74.1 Å². The molecule has 0 saturated carbocycles. The first kappa shape index (κ1) is 32.2. The fourth-order valence-electron chi connectivity index (χ4n) is 3.37. The largest absolute Gasteiger partial charge is 0.491 e. The minimum Gasteiger partial charge on any atom is -0.491 e. The van der Waals surface area contributed by atoms with Gasteiger partial charge in [-0.1, -0.05) is 13.8 Å². The number of esters is 3. The molecule has 3 aromatic rings. The van der Waals surface area contributed by atoms with E-state index in [1.807, 2.05) is 13.8 Å². The molecule has 0 radical (unpaired) electrons. The number of carbonyl (C=O) groups is 3. The normalized spacial score (nSPS) is 11.4. The van der Waals surface area contributed by atoms with Crippen molar-refractivity contribution in [3.8, 4) is 22.9 Å². The molecule has 0 amide bonds. The Morgan fingerprint density at radius 3 is 1.90 bits per heavy atom. The Labute approximate surface area is 245 Å². The van der Waals surface area contributed by atoms with E-state index in [1.54, 1.807) is 55.5 Å². The van der Waals surface area contributed by atoms with Crippen molar-refractivity contribution in [3.05, 3.63) is 72.1 Å². The minimum atomic E-state index is -0.512. The molecular formula is C31H36N2O9. The molecule has 11 nitrogen and oxygen atoms in total. The van der Waals surface area contributed by atoms with Crippen molar-refractivity contribution in [2.75, 3.05) is 46.2 Å². The molecule has 0 aliphatic rings. The first-order valence-corrected chi connectivity index (χ1v) is 13.8. The number of carbonyl (C=O) groups excluding carboxylic acids is 3. The summed E-state index contributed by atoms with van der Waals surface area (Å²) < 4.78 is 32.0. The van der Waals surface area contributed by atoms with E-state index in [2.05, 4.69) is 9.97 Å². The summed E-state index contributed by atoms with van der Waals surface area (Å²) in [6.07, 6.45) is 3.56. The first-order chi connectivity index (χ1) is 20.4. The van der Waals surface area contributed by atoms with Crippen LogP contribution in [0.25, 0.3) is 11.4 Å². The maximum Gasteiger partial charge on any atom is 0.343 e. The van der Waals surface area contributed by atoms with Gasteiger partial charge in [0.1, 0.15) is 24.7 Å². The molecule has 0 bridgehead atoms. The number of hydrogen-bond donors (Lipinski definition) is 0. The van der Waals surface area contributed by atoms with Crippen LogP contribution in [0.5, 0.6) is 11.5 Å². The molecule has 3 rings (SSSR count). The lowest BCUT2D eigenvalue weighted by molar-refractivity contribution is -0.149. The van der Waals surface area contributed by atoms with Crippen LogP contribution in [0.4, 0.5) is 0 Å². The lowest BCUT2D eigenvalue weighted by atomic mass is 10.1. The second kappa shape index (κ2) is 17.5. The van der Waals surface area contributed by atoms with Crippen molar-refractivity contribution in [1.29, 1.82) is 0 Å². The molecule has 0 fully saturated rings. The Kier molecular flexibility index (Phi) is 13.4. The lowest BCUT2D eigenvalue weighted by Crippen LogP contribution is -2.18. The molecule has 0 aliphatic heterocycles. The Hall–Kier alpha value is -4.35. The molecule has 0 N–H and O–H groups in total. The molecule has 224 valence electrons. The molecular weight excluding hydrogens is 544 g/mol. The van der Waals surface area contributed by atoms with Crippen LogP contribution in [0.1, 0.15) is 47.9 Å². The van der Waals surface area contributed by atoms with Crippen LogP contribution in [0.15, 0.2) is 60.9 Å². The standard InChI is InChI=1S/C31H36N2O9/c1-4-22(3)29(34)41-19-17-38-15-14-37-16-18-40-26-10-8-24(9-11-26)31(36)42-27-12-6-23(7-13-27)28-32-20-25(21-33-28)30(35)39-5-2/h6-13,20-22H,4-5,14-19H2,1-3H3. The Morgan fingerprint density at radius 1 is 0.690 bits per heavy atom. The number of rotatable bonds is 17. The highest BCUT2D eigenvalue weighted by atomic mass is 16.6. The van der Waals surface area contributed by atoms with Gasteiger partial charge in [0.25, 0.3) is 0 Å². The van der Waals surface area contributed by atoms with E-state index in [1.165, 1.54) is 12.4 Å². The van der Waals surface area contributed by atoms with Crippen LogP contribution in [0.3, 0.4) is 0 Å². The number of hydrogen-bond acceptors (Lipinski definition) is 11. The van der Waals surface area contributed by atoms with Gasteiger partial charge in [0.05, 0.1) is 50.1 Å². The molecule has 11 heteroatoms. The van der Waals surface area contributed by atoms with Crippen molar-refractivity contribution in [2.45, 2.75) is 27.2 Å². The number of nitrogens with zero attached hydrogens (tertiary/aromatic N) is 2. The third-order valence-electron chi connectivity index (χ3n) is 5.93. The van der Waals surface area contributed by atoms with Gasteiger partial charge in [0, 0.05) is 18.0 Å². The zero-order valence-electron chi connectivity index (χ0n) is 24.1. The Bertz CT molecular complexity index is 1260. The third-order valence-corrected chi connectivity index (χ3v) is 5.93. The topological polar surface area (TPSA) is 132 Å². The second-order valence-corrected chi connectivity index (χ2v) is 9.00. The number of aromatic nitrogens is 2. The zero-order chi connectivity index (χ0) is 30.2. The van der Waals surface area contributed by atoms with E-state index in [-0.39, 0.29) is 30.7 Å². The van der Waals surface area contributed by atoms with Gasteiger partial charge >= 0.3 is 17.9 Å². The van der Waals surface area contributed by atoms with Crippen molar-refractivity contribution in [1.82, 2.24) is 9.97 Å². The van der Waals surface area contributed by atoms with Gasteiger partial charge in [-0.3, -0.25) is 4.79 Å². The van der Waals surface area contributed by atoms with E-state index in [4.69, 9.17) is 28.4 Å². The van der Waals surface area contributed by atoms with Gasteiger partial charge in [-0.2, -0.15) is 0 Å². The fourth-order valence-corrected chi connectivity index (χ4v) is 3.37. The summed E-state index contributed by atoms with van der Waals surface area (Å²) in [5.41, 5.74) is 1.34. The molecule has 42 heavy (non-hydrogen) atoms. The summed E-state index contributed by atoms with van der Waals surface area (Å²) in [6.45, 7) is 7.80. The molecule has 0 spiro atoms. The monoisotopic (exact) mass is 580 g/mol. The van der Waals surface area contributed by atoms with E-state index >= 15 is 0 Å². The summed E-state index contributed by atoms with van der Waals surface area (Å²) in [4.78, 5) is 44.3. The predicted octanol–water partition coefficient (Wildman–Crippen LogP) is 4.54. The molecule has 1 atom stereocenters. The molecule has 2 aromatic carbocycles. The fraction of sp³-hybridized carbons (Fsp3) is 0.387.